The number of hydrogen-bond acceptors (Lipinski definition) is 3. The molecule has 1 fully saturated rings. The summed E-state index contributed by atoms with van der Waals surface area (Å²) in [5, 5.41) is 0. The number of benzene rings is 1. The van der Waals surface area contributed by atoms with Crippen LogP contribution < -0.4 is 4.74 Å². The molecule has 6 heteroatoms. The summed E-state index contributed by atoms with van der Waals surface area (Å²) >= 11 is 5.56. The van der Waals surface area contributed by atoms with E-state index in [4.69, 9.17) is 16.3 Å². The normalized spacial score (nSPS) is 14.6. The van der Waals surface area contributed by atoms with Crippen molar-refractivity contribution >= 4 is 23.4 Å². The molecular weight excluding hydrogens is 328 g/mol. The number of amides is 2. The van der Waals surface area contributed by atoms with Crippen LogP contribution in [0.2, 0.25) is 0 Å². The van der Waals surface area contributed by atoms with Crippen molar-refractivity contribution in [2.45, 2.75) is 26.7 Å². The zero-order chi connectivity index (χ0) is 17.5. The second-order valence-corrected chi connectivity index (χ2v) is 6.34. The fraction of sp³-hybridized carbons (Fsp3) is 0.556. The van der Waals surface area contributed by atoms with Gasteiger partial charge in [0.25, 0.3) is 0 Å². The second kappa shape index (κ2) is 8.92. The van der Waals surface area contributed by atoms with E-state index in [0.29, 0.717) is 45.6 Å². The molecule has 132 valence electrons. The van der Waals surface area contributed by atoms with Crippen molar-refractivity contribution in [3.63, 3.8) is 0 Å². The Kier molecular flexibility index (Phi) is 6.91. The fourth-order valence-electron chi connectivity index (χ4n) is 2.87. The van der Waals surface area contributed by atoms with Crippen LogP contribution in [-0.2, 0) is 9.59 Å². The van der Waals surface area contributed by atoms with Crippen LogP contribution in [-0.4, -0.2) is 60.3 Å². The van der Waals surface area contributed by atoms with Crippen molar-refractivity contribution in [2.24, 2.45) is 0 Å². The number of halogens is 1. The van der Waals surface area contributed by atoms with Gasteiger partial charge in [-0.25, -0.2) is 0 Å². The highest BCUT2D eigenvalue weighted by atomic mass is 35.5. The zero-order valence-electron chi connectivity index (χ0n) is 14.4. The van der Waals surface area contributed by atoms with Crippen molar-refractivity contribution in [1.82, 2.24) is 9.80 Å². The summed E-state index contributed by atoms with van der Waals surface area (Å²) in [6.45, 7) is 6.87. The van der Waals surface area contributed by atoms with Gasteiger partial charge in [0.05, 0.1) is 6.61 Å². The van der Waals surface area contributed by atoms with Gasteiger partial charge < -0.3 is 14.5 Å². The lowest BCUT2D eigenvalue weighted by Crippen LogP contribution is -2.50. The number of alkyl halides is 1. The number of hydrogen-bond donors (Lipinski definition) is 0. The summed E-state index contributed by atoms with van der Waals surface area (Å²) in [4.78, 5) is 27.3. The summed E-state index contributed by atoms with van der Waals surface area (Å²) < 4.78 is 5.83. The van der Waals surface area contributed by atoms with Gasteiger partial charge in [-0.1, -0.05) is 18.2 Å². The lowest BCUT2D eigenvalue weighted by molar-refractivity contribution is -0.138. The molecule has 2 rings (SSSR count). The molecule has 0 radical (unpaired) electrons. The van der Waals surface area contributed by atoms with Crippen LogP contribution in [0.4, 0.5) is 0 Å². The number of carbonyl (C=O) groups is 2. The molecule has 5 nitrogen and oxygen atoms in total. The van der Waals surface area contributed by atoms with Gasteiger partial charge in [0, 0.05) is 32.6 Å². The molecule has 24 heavy (non-hydrogen) atoms. The number of piperazine rings is 1. The highest BCUT2D eigenvalue weighted by Gasteiger charge is 2.23. The Morgan fingerprint density at radius 3 is 2.12 bits per heavy atom. The van der Waals surface area contributed by atoms with Gasteiger partial charge in [-0.2, -0.15) is 0 Å². The Morgan fingerprint density at radius 1 is 1.04 bits per heavy atom. The SMILES string of the molecule is Cc1cccc(C)c1OCCCC(=O)N1CCN(C(=O)CCl)CC1. The van der Waals surface area contributed by atoms with E-state index in [0.717, 1.165) is 16.9 Å². The Morgan fingerprint density at radius 2 is 1.58 bits per heavy atom. The molecule has 1 aromatic carbocycles. The summed E-state index contributed by atoms with van der Waals surface area (Å²) in [6.07, 6.45) is 1.15. The maximum absolute atomic E-state index is 12.2. The summed E-state index contributed by atoms with van der Waals surface area (Å²) in [5.74, 6) is 0.978. The monoisotopic (exact) mass is 352 g/mol. The predicted molar refractivity (Wildman–Crippen MR) is 94.5 cm³/mol. The topological polar surface area (TPSA) is 49.9 Å². The third kappa shape index (κ3) is 4.87. The lowest BCUT2D eigenvalue weighted by atomic mass is 10.1. The van der Waals surface area contributed by atoms with E-state index in [2.05, 4.69) is 0 Å². The standard InChI is InChI=1S/C18H25ClN2O3/c1-14-5-3-6-15(2)18(14)24-12-4-7-16(22)20-8-10-21(11-9-20)17(23)13-19/h3,5-6H,4,7-13H2,1-2H3. The summed E-state index contributed by atoms with van der Waals surface area (Å²) in [6, 6.07) is 6.06. The Labute approximate surface area is 148 Å². The molecule has 0 aliphatic carbocycles. The fourth-order valence-corrected chi connectivity index (χ4v) is 3.04. The Balaban J connectivity index is 1.70. The molecule has 0 N–H and O–H groups in total. The molecule has 0 aromatic heterocycles. The van der Waals surface area contributed by atoms with Crippen LogP contribution in [0, 0.1) is 13.8 Å². The summed E-state index contributed by atoms with van der Waals surface area (Å²) in [7, 11) is 0. The van der Waals surface area contributed by atoms with Gasteiger partial charge in [0.1, 0.15) is 11.6 Å². The number of ether oxygens (including phenoxy) is 1. The van der Waals surface area contributed by atoms with Crippen molar-refractivity contribution < 1.29 is 14.3 Å². The minimum absolute atomic E-state index is 0.00358. The molecule has 1 saturated heterocycles. The van der Waals surface area contributed by atoms with Crippen molar-refractivity contribution in [3.05, 3.63) is 29.3 Å². The average Bonchev–Trinajstić information content (AvgIpc) is 2.60. The van der Waals surface area contributed by atoms with Crippen LogP contribution >= 0.6 is 11.6 Å². The van der Waals surface area contributed by atoms with Gasteiger partial charge in [-0.15, -0.1) is 11.6 Å². The van der Waals surface area contributed by atoms with E-state index in [1.54, 1.807) is 4.90 Å². The first-order chi connectivity index (χ1) is 11.5. The molecule has 0 bridgehead atoms. The smallest absolute Gasteiger partial charge is 0.237 e. The largest absolute Gasteiger partial charge is 0.493 e. The van der Waals surface area contributed by atoms with E-state index < -0.39 is 0 Å². The van der Waals surface area contributed by atoms with Crippen LogP contribution in [0.5, 0.6) is 5.75 Å². The maximum Gasteiger partial charge on any atom is 0.237 e. The van der Waals surface area contributed by atoms with Crippen LogP contribution in [0.3, 0.4) is 0 Å². The van der Waals surface area contributed by atoms with E-state index >= 15 is 0 Å². The minimum atomic E-state index is -0.0641. The predicted octanol–water partition coefficient (Wildman–Crippen LogP) is 2.37. The quantitative estimate of drug-likeness (QED) is 0.583. The third-order valence-electron chi connectivity index (χ3n) is 4.29. The van der Waals surface area contributed by atoms with E-state index in [-0.39, 0.29) is 17.7 Å². The first-order valence-electron chi connectivity index (χ1n) is 8.33. The van der Waals surface area contributed by atoms with E-state index in [9.17, 15) is 9.59 Å². The number of nitrogens with zero attached hydrogens (tertiary/aromatic N) is 2. The van der Waals surface area contributed by atoms with Crippen molar-refractivity contribution in [3.8, 4) is 5.75 Å². The average molecular weight is 353 g/mol. The molecule has 1 aliphatic rings. The molecule has 1 heterocycles. The van der Waals surface area contributed by atoms with Gasteiger partial charge >= 0.3 is 0 Å². The number of para-hydroxylation sites is 1. The van der Waals surface area contributed by atoms with Crippen LogP contribution in [0.1, 0.15) is 24.0 Å². The second-order valence-electron chi connectivity index (χ2n) is 6.07. The molecule has 1 aromatic rings. The van der Waals surface area contributed by atoms with Gasteiger partial charge in [-0.3, -0.25) is 9.59 Å². The van der Waals surface area contributed by atoms with Crippen molar-refractivity contribution in [2.75, 3.05) is 38.7 Å². The van der Waals surface area contributed by atoms with Gasteiger partial charge in [0.15, 0.2) is 0 Å². The summed E-state index contributed by atoms with van der Waals surface area (Å²) in [5.41, 5.74) is 2.22. The highest BCUT2D eigenvalue weighted by molar-refractivity contribution is 6.27. The van der Waals surface area contributed by atoms with Crippen LogP contribution in [0.25, 0.3) is 0 Å². The molecule has 0 spiro atoms. The molecule has 0 unspecified atom stereocenters. The highest BCUT2D eigenvalue weighted by Crippen LogP contribution is 2.22. The molecule has 2 amide bonds. The van der Waals surface area contributed by atoms with E-state index in [1.807, 2.05) is 36.9 Å². The minimum Gasteiger partial charge on any atom is -0.493 e. The van der Waals surface area contributed by atoms with Gasteiger partial charge in [0.2, 0.25) is 11.8 Å². The lowest BCUT2D eigenvalue weighted by Gasteiger charge is -2.34. The number of rotatable bonds is 6. The first-order valence-corrected chi connectivity index (χ1v) is 8.87. The zero-order valence-corrected chi connectivity index (χ0v) is 15.1. The number of carbonyl (C=O) groups excluding carboxylic acids is 2. The van der Waals surface area contributed by atoms with E-state index in [1.165, 1.54) is 0 Å². The van der Waals surface area contributed by atoms with Gasteiger partial charge in [-0.05, 0) is 31.4 Å². The molecule has 1 aliphatic heterocycles. The number of aryl methyl sites for hydroxylation is 2. The molecule has 0 atom stereocenters. The Hall–Kier alpha value is -1.75. The molecule has 0 saturated carbocycles. The first kappa shape index (κ1) is 18.6. The maximum atomic E-state index is 12.2. The third-order valence-corrected chi connectivity index (χ3v) is 4.52. The van der Waals surface area contributed by atoms with Crippen molar-refractivity contribution in [1.29, 1.82) is 0 Å². The Bertz CT molecular complexity index is 563. The molecular formula is C18H25ClN2O3. The van der Waals surface area contributed by atoms with Crippen LogP contribution in [0.15, 0.2) is 18.2 Å².